The van der Waals surface area contributed by atoms with Gasteiger partial charge in [-0.2, -0.15) is 8.78 Å². The maximum Gasteiger partial charge on any atom is 0.354 e. The lowest BCUT2D eigenvalue weighted by atomic mass is 9.78. The molecule has 1 aromatic rings. The Morgan fingerprint density at radius 3 is 2.71 bits per heavy atom. The monoisotopic (exact) mass is 296 g/mol. The van der Waals surface area contributed by atoms with Crippen molar-refractivity contribution in [3.63, 3.8) is 0 Å². The van der Waals surface area contributed by atoms with Crippen molar-refractivity contribution >= 4 is 5.97 Å². The highest BCUT2D eigenvalue weighted by molar-refractivity contribution is 5.85. The van der Waals surface area contributed by atoms with Crippen LogP contribution in [-0.4, -0.2) is 21.6 Å². The topological polar surface area (TPSA) is 62.2 Å². The van der Waals surface area contributed by atoms with E-state index in [2.05, 4.69) is 17.2 Å². The predicted octanol–water partition coefficient (Wildman–Crippen LogP) is 2.85. The lowest BCUT2D eigenvalue weighted by Gasteiger charge is -2.39. The van der Waals surface area contributed by atoms with Crippen LogP contribution in [0.25, 0.3) is 0 Å². The number of aromatic nitrogens is 1. The van der Waals surface area contributed by atoms with Crippen LogP contribution in [-0.2, 0) is 18.9 Å². The van der Waals surface area contributed by atoms with Crippen molar-refractivity contribution in [3.8, 4) is 0 Å². The van der Waals surface area contributed by atoms with E-state index >= 15 is 0 Å². The number of carboxylic acid groups (broad SMARTS) is 1. The maximum atomic E-state index is 13.8. The van der Waals surface area contributed by atoms with Crippen molar-refractivity contribution in [2.45, 2.75) is 57.0 Å². The fourth-order valence-corrected chi connectivity index (χ4v) is 3.07. The molecule has 0 saturated heterocycles. The minimum absolute atomic E-state index is 0.0423. The zero-order chi connectivity index (χ0) is 15.3. The Balaban J connectivity index is 1.93. The van der Waals surface area contributed by atoms with Crippen LogP contribution >= 0.6 is 0 Å². The number of carbonyl (C=O) groups is 1. The lowest BCUT2D eigenvalue weighted by Crippen LogP contribution is -2.47. The van der Waals surface area contributed by atoms with Gasteiger partial charge in [0, 0.05) is 18.5 Å². The van der Waals surface area contributed by atoms with Crippen molar-refractivity contribution in [3.05, 3.63) is 28.6 Å². The van der Waals surface area contributed by atoms with Crippen LogP contribution in [0, 0.1) is 0 Å². The number of nitrogens with zero attached hydrogens (tertiary/aromatic N) is 1. The number of nitrogens with one attached hydrogen (secondary N) is 1. The number of fused-ring (bicyclic) bond motifs is 1. The van der Waals surface area contributed by atoms with Gasteiger partial charge in [0.15, 0.2) is 0 Å². The first-order valence-corrected chi connectivity index (χ1v) is 7.20. The molecule has 0 radical (unpaired) electrons. The molecule has 1 heterocycles. The predicted molar refractivity (Wildman–Crippen MR) is 72.5 cm³/mol. The largest absolute Gasteiger partial charge is 0.477 e. The highest BCUT2D eigenvalue weighted by Gasteiger charge is 2.43. The van der Waals surface area contributed by atoms with E-state index in [0.29, 0.717) is 17.7 Å². The molecule has 6 heteroatoms. The van der Waals surface area contributed by atoms with Gasteiger partial charge in [-0.25, -0.2) is 9.78 Å². The molecule has 2 aliphatic carbocycles. The van der Waals surface area contributed by atoms with Gasteiger partial charge in [-0.05, 0) is 49.8 Å². The molecule has 2 aliphatic rings. The van der Waals surface area contributed by atoms with E-state index in [-0.39, 0.29) is 29.8 Å². The Morgan fingerprint density at radius 1 is 1.43 bits per heavy atom. The molecular formula is C15H18F2N2O2. The number of hydrogen-bond donors (Lipinski definition) is 2. The quantitative estimate of drug-likeness (QED) is 0.897. The molecule has 0 aromatic carbocycles. The van der Waals surface area contributed by atoms with E-state index in [4.69, 9.17) is 5.11 Å². The van der Waals surface area contributed by atoms with E-state index in [9.17, 15) is 13.6 Å². The van der Waals surface area contributed by atoms with Crippen molar-refractivity contribution < 1.29 is 18.7 Å². The van der Waals surface area contributed by atoms with E-state index in [1.807, 2.05) is 0 Å². The zero-order valence-electron chi connectivity index (χ0n) is 11.9. The molecule has 4 nitrogen and oxygen atoms in total. The summed E-state index contributed by atoms with van der Waals surface area (Å²) in [5.41, 5.74) is 0.549. The Kier molecular flexibility index (Phi) is 3.24. The fraction of sp³-hybridized carbons (Fsp3) is 0.600. The van der Waals surface area contributed by atoms with Crippen LogP contribution < -0.4 is 5.32 Å². The van der Waals surface area contributed by atoms with Crippen molar-refractivity contribution in [2.24, 2.45) is 0 Å². The summed E-state index contributed by atoms with van der Waals surface area (Å²) in [5.74, 6) is -4.28. The smallest absolute Gasteiger partial charge is 0.354 e. The van der Waals surface area contributed by atoms with Gasteiger partial charge in [-0.1, -0.05) is 0 Å². The summed E-state index contributed by atoms with van der Waals surface area (Å²) in [5, 5.41) is 12.4. The fourth-order valence-electron chi connectivity index (χ4n) is 3.07. The molecule has 2 N–H and O–H groups in total. The number of pyridine rings is 1. The van der Waals surface area contributed by atoms with Gasteiger partial charge in [0.25, 0.3) is 5.92 Å². The Labute approximate surface area is 121 Å². The third-order valence-electron chi connectivity index (χ3n) is 4.63. The Morgan fingerprint density at radius 2 is 2.14 bits per heavy atom. The third-order valence-corrected chi connectivity index (χ3v) is 4.63. The van der Waals surface area contributed by atoms with Crippen LogP contribution in [0.5, 0.6) is 0 Å². The van der Waals surface area contributed by atoms with Gasteiger partial charge in [0.1, 0.15) is 11.4 Å². The minimum Gasteiger partial charge on any atom is -0.477 e. The normalized spacial score (nSPS) is 21.7. The van der Waals surface area contributed by atoms with Crippen LogP contribution in [0.1, 0.15) is 59.9 Å². The minimum atomic E-state index is -3.02. The summed E-state index contributed by atoms with van der Waals surface area (Å²) >= 11 is 0. The second-order valence-electron chi connectivity index (χ2n) is 6.27. The first-order valence-electron chi connectivity index (χ1n) is 7.20. The Bertz CT molecular complexity index is 598. The summed E-state index contributed by atoms with van der Waals surface area (Å²) < 4.78 is 27.7. The van der Waals surface area contributed by atoms with Crippen molar-refractivity contribution in [1.29, 1.82) is 0 Å². The standard InChI is InChI=1S/C15H18F2N2O2/c1-14(4-2-5-14)18-8-9-7-11(13(20)21)19-12-10(9)3-6-15(12,16)17/h7,18H,2-6,8H2,1H3,(H,20,21). The van der Waals surface area contributed by atoms with Gasteiger partial charge >= 0.3 is 5.97 Å². The third kappa shape index (κ3) is 2.52. The van der Waals surface area contributed by atoms with Crippen molar-refractivity contribution in [2.75, 3.05) is 0 Å². The number of hydrogen-bond acceptors (Lipinski definition) is 3. The lowest BCUT2D eigenvalue weighted by molar-refractivity contribution is -0.00609. The van der Waals surface area contributed by atoms with E-state index < -0.39 is 11.9 Å². The summed E-state index contributed by atoms with van der Waals surface area (Å²) in [4.78, 5) is 14.8. The molecular weight excluding hydrogens is 278 g/mol. The number of halogens is 2. The average molecular weight is 296 g/mol. The molecule has 1 saturated carbocycles. The molecule has 0 unspecified atom stereocenters. The molecule has 0 bridgehead atoms. The van der Waals surface area contributed by atoms with Crippen LogP contribution in [0.4, 0.5) is 8.78 Å². The average Bonchev–Trinajstić information content (AvgIpc) is 2.70. The summed E-state index contributed by atoms with van der Waals surface area (Å²) in [6, 6.07) is 1.43. The van der Waals surface area contributed by atoms with Crippen LogP contribution in [0.15, 0.2) is 6.07 Å². The van der Waals surface area contributed by atoms with E-state index in [1.54, 1.807) is 0 Å². The zero-order valence-corrected chi connectivity index (χ0v) is 11.9. The molecule has 114 valence electrons. The van der Waals surface area contributed by atoms with Crippen molar-refractivity contribution in [1.82, 2.24) is 10.3 Å². The molecule has 3 rings (SSSR count). The molecule has 21 heavy (non-hydrogen) atoms. The second kappa shape index (κ2) is 4.73. The molecule has 0 aliphatic heterocycles. The highest BCUT2D eigenvalue weighted by atomic mass is 19.3. The molecule has 1 aromatic heterocycles. The van der Waals surface area contributed by atoms with Gasteiger partial charge in [0.05, 0.1) is 0 Å². The number of carboxylic acids is 1. The van der Waals surface area contributed by atoms with Gasteiger partial charge in [-0.3, -0.25) is 0 Å². The number of rotatable bonds is 4. The SMILES string of the molecule is CC1(NCc2cc(C(=O)O)nc3c2CCC3(F)F)CCC1. The number of aromatic carboxylic acids is 1. The van der Waals surface area contributed by atoms with Crippen LogP contribution in [0.2, 0.25) is 0 Å². The van der Waals surface area contributed by atoms with Crippen LogP contribution in [0.3, 0.4) is 0 Å². The molecule has 0 amide bonds. The van der Waals surface area contributed by atoms with Gasteiger partial charge in [-0.15, -0.1) is 0 Å². The first kappa shape index (κ1) is 14.4. The van der Waals surface area contributed by atoms with Gasteiger partial charge in [0.2, 0.25) is 0 Å². The Hall–Kier alpha value is -1.56. The second-order valence-corrected chi connectivity index (χ2v) is 6.27. The van der Waals surface area contributed by atoms with E-state index in [0.717, 1.165) is 19.3 Å². The molecule has 0 atom stereocenters. The number of alkyl halides is 2. The molecule has 1 fully saturated rings. The van der Waals surface area contributed by atoms with E-state index in [1.165, 1.54) is 6.07 Å². The summed E-state index contributed by atoms with van der Waals surface area (Å²) in [6.45, 7) is 2.52. The maximum absolute atomic E-state index is 13.8. The summed E-state index contributed by atoms with van der Waals surface area (Å²) in [6.07, 6.45) is 3.24. The highest BCUT2D eigenvalue weighted by Crippen LogP contribution is 2.42. The van der Waals surface area contributed by atoms with Gasteiger partial charge < -0.3 is 10.4 Å². The molecule has 0 spiro atoms. The first-order chi connectivity index (χ1) is 9.81. The summed E-state index contributed by atoms with van der Waals surface area (Å²) in [7, 11) is 0.